The average Bonchev–Trinajstić information content (AvgIpc) is 3.65. The number of anilines is 1. The molecule has 0 spiro atoms. The fraction of sp³-hybridized carbons (Fsp3) is 0.773. The first-order chi connectivity index (χ1) is 14.3. The van der Waals surface area contributed by atoms with Gasteiger partial charge in [0.1, 0.15) is 12.1 Å². The van der Waals surface area contributed by atoms with Crippen molar-refractivity contribution in [3.05, 3.63) is 18.1 Å². The minimum Gasteiger partial charge on any atom is -0.378 e. The number of hydrogen-bond donors (Lipinski definition) is 0. The summed E-state index contributed by atoms with van der Waals surface area (Å²) in [5, 5.41) is 0. The van der Waals surface area contributed by atoms with Crippen LogP contribution in [0.2, 0.25) is 0 Å². The maximum atomic E-state index is 12.9. The molecule has 0 bridgehead atoms. The number of morpholine rings is 1. The van der Waals surface area contributed by atoms with Gasteiger partial charge in [0, 0.05) is 56.4 Å². The Balaban J connectivity index is 1.15. The van der Waals surface area contributed by atoms with E-state index in [4.69, 9.17) is 4.74 Å². The van der Waals surface area contributed by atoms with Crippen LogP contribution < -0.4 is 4.90 Å². The van der Waals surface area contributed by atoms with E-state index in [0.717, 1.165) is 70.8 Å². The van der Waals surface area contributed by atoms with E-state index >= 15 is 0 Å². The molecular weight excluding hydrogens is 366 g/mol. The lowest BCUT2D eigenvalue weighted by atomic mass is 9.92. The Morgan fingerprint density at radius 3 is 2.52 bits per heavy atom. The number of carbonyl (C=O) groups is 1. The molecule has 4 heterocycles. The lowest BCUT2D eigenvalue weighted by Crippen LogP contribution is -2.52. The monoisotopic (exact) mass is 399 g/mol. The number of hydrogen-bond acceptors (Lipinski definition) is 6. The summed E-state index contributed by atoms with van der Waals surface area (Å²) in [5.41, 5.74) is 1.22. The van der Waals surface area contributed by atoms with E-state index in [1.165, 1.54) is 18.5 Å². The number of ether oxygens (including phenoxy) is 1. The van der Waals surface area contributed by atoms with E-state index in [9.17, 15) is 4.79 Å². The standard InChI is InChI=1S/C22H33N5O2/c28-22(26-10-12-29-13-11-26)18-2-1-7-27(15-18)19-5-8-25(9-6-19)21-14-20(17-3-4-17)23-16-24-21/h14,16-19H,1-13,15H2/t18-/m0/s1. The fourth-order valence-corrected chi connectivity index (χ4v) is 5.18. The molecule has 0 unspecified atom stereocenters. The number of likely N-dealkylation sites (tertiary alicyclic amines) is 1. The summed E-state index contributed by atoms with van der Waals surface area (Å²) in [7, 11) is 0. The zero-order valence-electron chi connectivity index (χ0n) is 17.3. The quantitative estimate of drug-likeness (QED) is 0.771. The Bertz CT molecular complexity index is 711. The van der Waals surface area contributed by atoms with Gasteiger partial charge in [-0.2, -0.15) is 0 Å². The van der Waals surface area contributed by atoms with Crippen molar-refractivity contribution < 1.29 is 9.53 Å². The third kappa shape index (κ3) is 4.40. The highest BCUT2D eigenvalue weighted by Gasteiger charge is 2.34. The molecule has 1 aromatic rings. The second kappa shape index (κ2) is 8.56. The van der Waals surface area contributed by atoms with Gasteiger partial charge in [-0.1, -0.05) is 0 Å². The molecule has 1 aromatic heterocycles. The van der Waals surface area contributed by atoms with Crippen molar-refractivity contribution in [1.29, 1.82) is 0 Å². The van der Waals surface area contributed by atoms with Crippen molar-refractivity contribution in [3.63, 3.8) is 0 Å². The summed E-state index contributed by atoms with van der Waals surface area (Å²) in [6.07, 6.45) is 8.77. The minimum atomic E-state index is 0.169. The molecule has 5 rings (SSSR count). The van der Waals surface area contributed by atoms with Crippen molar-refractivity contribution in [2.45, 2.75) is 50.5 Å². The van der Waals surface area contributed by atoms with Crippen LogP contribution in [-0.4, -0.2) is 84.2 Å². The maximum absolute atomic E-state index is 12.9. The molecule has 0 aromatic carbocycles. The first-order valence-electron chi connectivity index (χ1n) is 11.5. The summed E-state index contributed by atoms with van der Waals surface area (Å²) < 4.78 is 5.41. The molecule has 0 radical (unpaired) electrons. The van der Waals surface area contributed by atoms with Gasteiger partial charge >= 0.3 is 0 Å². The number of piperidine rings is 2. The third-order valence-electron chi connectivity index (χ3n) is 7.10. The van der Waals surface area contributed by atoms with Crippen LogP contribution >= 0.6 is 0 Å². The van der Waals surface area contributed by atoms with Gasteiger partial charge in [0.15, 0.2) is 0 Å². The lowest BCUT2D eigenvalue weighted by Gasteiger charge is -2.43. The molecule has 4 fully saturated rings. The summed E-state index contributed by atoms with van der Waals surface area (Å²) in [5.74, 6) is 2.29. The van der Waals surface area contributed by atoms with Crippen molar-refractivity contribution >= 4 is 11.7 Å². The number of aromatic nitrogens is 2. The van der Waals surface area contributed by atoms with E-state index < -0.39 is 0 Å². The Labute approximate surface area is 173 Å². The van der Waals surface area contributed by atoms with Crippen LogP contribution in [0.5, 0.6) is 0 Å². The van der Waals surface area contributed by atoms with E-state index in [0.29, 0.717) is 31.1 Å². The van der Waals surface area contributed by atoms with Gasteiger partial charge in [0.2, 0.25) is 5.91 Å². The summed E-state index contributed by atoms with van der Waals surface area (Å²) in [6, 6.07) is 2.80. The number of carbonyl (C=O) groups excluding carboxylic acids is 1. The molecule has 7 nitrogen and oxygen atoms in total. The first kappa shape index (κ1) is 19.2. The molecule has 3 aliphatic heterocycles. The van der Waals surface area contributed by atoms with E-state index in [1.54, 1.807) is 6.33 Å². The highest BCUT2D eigenvalue weighted by atomic mass is 16.5. The average molecular weight is 400 g/mol. The summed E-state index contributed by atoms with van der Waals surface area (Å²) >= 11 is 0. The third-order valence-corrected chi connectivity index (χ3v) is 7.10. The molecular formula is C22H33N5O2. The molecule has 29 heavy (non-hydrogen) atoms. The maximum Gasteiger partial charge on any atom is 0.227 e. The number of nitrogens with zero attached hydrogens (tertiary/aromatic N) is 5. The molecule has 1 saturated carbocycles. The first-order valence-corrected chi connectivity index (χ1v) is 11.5. The van der Waals surface area contributed by atoms with Crippen molar-refractivity contribution in [3.8, 4) is 0 Å². The van der Waals surface area contributed by atoms with E-state index in [1.807, 2.05) is 4.90 Å². The largest absolute Gasteiger partial charge is 0.378 e. The van der Waals surface area contributed by atoms with Gasteiger partial charge in [-0.05, 0) is 45.1 Å². The van der Waals surface area contributed by atoms with Crippen LogP contribution in [0.1, 0.15) is 50.1 Å². The van der Waals surface area contributed by atoms with Crippen molar-refractivity contribution in [2.75, 3.05) is 57.4 Å². The second-order valence-corrected chi connectivity index (χ2v) is 9.07. The smallest absolute Gasteiger partial charge is 0.227 e. The van der Waals surface area contributed by atoms with Gasteiger partial charge < -0.3 is 14.5 Å². The van der Waals surface area contributed by atoms with Crippen LogP contribution in [0.25, 0.3) is 0 Å². The normalized spacial score (nSPS) is 27.2. The Morgan fingerprint density at radius 1 is 0.966 bits per heavy atom. The van der Waals surface area contributed by atoms with E-state index in [2.05, 4.69) is 25.8 Å². The number of rotatable bonds is 4. The lowest BCUT2D eigenvalue weighted by molar-refractivity contribution is -0.141. The zero-order valence-corrected chi connectivity index (χ0v) is 17.3. The Morgan fingerprint density at radius 2 is 1.76 bits per heavy atom. The molecule has 1 atom stereocenters. The Hall–Kier alpha value is -1.73. The zero-order chi connectivity index (χ0) is 19.6. The summed E-state index contributed by atoms with van der Waals surface area (Å²) in [4.78, 5) is 29.0. The van der Waals surface area contributed by atoms with Gasteiger partial charge in [0.25, 0.3) is 0 Å². The molecule has 1 amide bonds. The minimum absolute atomic E-state index is 0.169. The van der Waals surface area contributed by atoms with Crippen LogP contribution in [0.4, 0.5) is 5.82 Å². The predicted molar refractivity (Wildman–Crippen MR) is 111 cm³/mol. The molecule has 4 aliphatic rings. The highest BCUT2D eigenvalue weighted by Crippen LogP contribution is 2.39. The predicted octanol–water partition coefficient (Wildman–Crippen LogP) is 1.89. The van der Waals surface area contributed by atoms with Crippen LogP contribution in [0.3, 0.4) is 0 Å². The van der Waals surface area contributed by atoms with Gasteiger partial charge in [-0.15, -0.1) is 0 Å². The van der Waals surface area contributed by atoms with Crippen molar-refractivity contribution in [1.82, 2.24) is 19.8 Å². The van der Waals surface area contributed by atoms with Crippen molar-refractivity contribution in [2.24, 2.45) is 5.92 Å². The van der Waals surface area contributed by atoms with Crippen LogP contribution in [0, 0.1) is 5.92 Å². The van der Waals surface area contributed by atoms with E-state index in [-0.39, 0.29) is 5.92 Å². The molecule has 1 aliphatic carbocycles. The SMILES string of the molecule is O=C([C@H]1CCCN(C2CCN(c3cc(C4CC4)ncn3)CC2)C1)N1CCOCC1. The topological polar surface area (TPSA) is 61.8 Å². The van der Waals surface area contributed by atoms with Gasteiger partial charge in [0.05, 0.1) is 19.1 Å². The molecule has 0 N–H and O–H groups in total. The Kier molecular flexibility index (Phi) is 5.68. The summed E-state index contributed by atoms with van der Waals surface area (Å²) in [6.45, 7) is 7.05. The van der Waals surface area contributed by atoms with Gasteiger partial charge in [-0.25, -0.2) is 9.97 Å². The van der Waals surface area contributed by atoms with Crippen LogP contribution in [0.15, 0.2) is 12.4 Å². The highest BCUT2D eigenvalue weighted by molar-refractivity contribution is 5.79. The molecule has 3 saturated heterocycles. The molecule has 7 heteroatoms. The van der Waals surface area contributed by atoms with Gasteiger partial charge in [-0.3, -0.25) is 9.69 Å². The fourth-order valence-electron chi connectivity index (χ4n) is 5.18. The second-order valence-electron chi connectivity index (χ2n) is 9.07. The molecule has 158 valence electrons. The van der Waals surface area contributed by atoms with Crippen LogP contribution in [-0.2, 0) is 9.53 Å². The number of amides is 1.